The van der Waals surface area contributed by atoms with Gasteiger partial charge in [-0.05, 0) is 29.8 Å². The first-order chi connectivity index (χ1) is 13.9. The van der Waals surface area contributed by atoms with Crippen molar-refractivity contribution in [3.63, 3.8) is 0 Å². The summed E-state index contributed by atoms with van der Waals surface area (Å²) in [6, 6.07) is 13.1. The van der Waals surface area contributed by atoms with E-state index in [0.717, 1.165) is 12.0 Å². The van der Waals surface area contributed by atoms with Crippen LogP contribution in [0.2, 0.25) is 0 Å². The van der Waals surface area contributed by atoms with E-state index in [-0.39, 0.29) is 0 Å². The Morgan fingerprint density at radius 1 is 1.17 bits per heavy atom. The van der Waals surface area contributed by atoms with Gasteiger partial charge in [0, 0.05) is 6.04 Å². The second kappa shape index (κ2) is 7.06. The third kappa shape index (κ3) is 2.75. The fourth-order valence-electron chi connectivity index (χ4n) is 4.40. The largest absolute Gasteiger partial charge is 0.468 e. The molecule has 0 bridgehead atoms. The van der Waals surface area contributed by atoms with Gasteiger partial charge in [0.2, 0.25) is 11.8 Å². The fourth-order valence-corrected chi connectivity index (χ4v) is 4.40. The summed E-state index contributed by atoms with van der Waals surface area (Å²) in [5, 5.41) is 13.0. The van der Waals surface area contributed by atoms with Crippen LogP contribution in [0.3, 0.4) is 0 Å². The Morgan fingerprint density at radius 2 is 1.90 bits per heavy atom. The summed E-state index contributed by atoms with van der Waals surface area (Å²) in [6.07, 6.45) is 0. The quantitative estimate of drug-likeness (QED) is 0.593. The van der Waals surface area contributed by atoms with E-state index in [2.05, 4.69) is 5.32 Å². The summed E-state index contributed by atoms with van der Waals surface area (Å²) < 4.78 is 18.7. The van der Waals surface area contributed by atoms with Gasteiger partial charge in [-0.2, -0.15) is 0 Å². The molecule has 0 unspecified atom stereocenters. The molecule has 2 aromatic rings. The van der Waals surface area contributed by atoms with Crippen molar-refractivity contribution in [2.45, 2.75) is 11.6 Å². The van der Waals surface area contributed by atoms with Crippen molar-refractivity contribution in [2.75, 3.05) is 18.6 Å². The van der Waals surface area contributed by atoms with Crippen LogP contribution in [0.15, 0.2) is 54.6 Å². The molecule has 8 heteroatoms. The van der Waals surface area contributed by atoms with Gasteiger partial charge >= 0.3 is 5.97 Å². The number of amides is 2. The van der Waals surface area contributed by atoms with Gasteiger partial charge in [-0.1, -0.05) is 30.3 Å². The Morgan fingerprint density at radius 3 is 2.52 bits per heavy atom. The van der Waals surface area contributed by atoms with Crippen LogP contribution in [0, 0.1) is 17.7 Å². The van der Waals surface area contributed by atoms with Crippen molar-refractivity contribution in [3.8, 4) is 0 Å². The zero-order valence-corrected chi connectivity index (χ0v) is 15.5. The molecule has 4 rings (SSSR count). The van der Waals surface area contributed by atoms with Crippen molar-refractivity contribution < 1.29 is 28.6 Å². The molecule has 2 fully saturated rings. The van der Waals surface area contributed by atoms with E-state index in [1.807, 2.05) is 0 Å². The summed E-state index contributed by atoms with van der Waals surface area (Å²) in [4.78, 5) is 40.3. The second-order valence-electron chi connectivity index (χ2n) is 7.15. The van der Waals surface area contributed by atoms with Gasteiger partial charge in [0.25, 0.3) is 0 Å². The monoisotopic (exact) mass is 398 g/mol. The van der Waals surface area contributed by atoms with Crippen LogP contribution in [-0.2, 0) is 19.1 Å². The van der Waals surface area contributed by atoms with Crippen LogP contribution >= 0.6 is 0 Å². The number of fused-ring (bicyclic) bond motifs is 1. The molecule has 0 aromatic heterocycles. The normalized spacial score (nSPS) is 28.5. The number of carbonyl (C=O) groups excluding carboxylic acids is 3. The average molecular weight is 398 g/mol. The molecule has 2 aromatic carbocycles. The molecule has 0 saturated carbocycles. The van der Waals surface area contributed by atoms with Crippen LogP contribution < -0.4 is 10.2 Å². The topological polar surface area (TPSA) is 95.9 Å². The van der Waals surface area contributed by atoms with Crippen molar-refractivity contribution in [1.82, 2.24) is 5.32 Å². The van der Waals surface area contributed by atoms with E-state index < -0.39 is 53.6 Å². The molecule has 2 amide bonds. The number of imide groups is 1. The van der Waals surface area contributed by atoms with Gasteiger partial charge in [0.1, 0.15) is 5.82 Å². The van der Waals surface area contributed by atoms with Gasteiger partial charge in [-0.25, -0.2) is 14.1 Å². The summed E-state index contributed by atoms with van der Waals surface area (Å²) in [5.74, 6) is -4.71. The Balaban J connectivity index is 1.87. The average Bonchev–Trinajstić information content (AvgIpc) is 3.22. The maximum Gasteiger partial charge on any atom is 0.329 e. The van der Waals surface area contributed by atoms with Crippen LogP contribution in [0.25, 0.3) is 0 Å². The fraction of sp³-hybridized carbons (Fsp3) is 0.286. The van der Waals surface area contributed by atoms with Crippen LogP contribution in [0.4, 0.5) is 10.1 Å². The number of benzene rings is 2. The number of aliphatic hydroxyl groups excluding tert-OH is 1. The van der Waals surface area contributed by atoms with E-state index in [1.165, 1.54) is 18.2 Å². The number of halogens is 1. The van der Waals surface area contributed by atoms with Gasteiger partial charge < -0.3 is 9.84 Å². The maximum absolute atomic E-state index is 13.8. The first-order valence-corrected chi connectivity index (χ1v) is 9.10. The van der Waals surface area contributed by atoms with Gasteiger partial charge in [-0.3, -0.25) is 14.9 Å². The number of hydrogen-bond acceptors (Lipinski definition) is 6. The minimum absolute atomic E-state index is 0.367. The van der Waals surface area contributed by atoms with E-state index in [0.29, 0.717) is 11.3 Å². The highest BCUT2D eigenvalue weighted by atomic mass is 19.1. The zero-order valence-electron chi connectivity index (χ0n) is 15.5. The van der Waals surface area contributed by atoms with Crippen LogP contribution in [0.5, 0.6) is 0 Å². The molecule has 2 heterocycles. The van der Waals surface area contributed by atoms with Crippen LogP contribution in [-0.4, -0.2) is 42.1 Å². The highest BCUT2D eigenvalue weighted by molar-refractivity contribution is 6.24. The smallest absolute Gasteiger partial charge is 0.329 e. The molecule has 0 spiro atoms. The van der Waals surface area contributed by atoms with E-state index in [4.69, 9.17) is 4.74 Å². The Labute approximate surface area is 166 Å². The minimum Gasteiger partial charge on any atom is -0.468 e. The second-order valence-corrected chi connectivity index (χ2v) is 7.15. The molecular weight excluding hydrogens is 379 g/mol. The van der Waals surface area contributed by atoms with Gasteiger partial charge in [0.05, 0.1) is 31.2 Å². The van der Waals surface area contributed by atoms with Crippen LogP contribution in [0.1, 0.15) is 11.6 Å². The third-order valence-electron chi connectivity index (χ3n) is 5.68. The van der Waals surface area contributed by atoms with E-state index in [1.54, 1.807) is 36.4 Å². The molecule has 29 heavy (non-hydrogen) atoms. The van der Waals surface area contributed by atoms with Crippen molar-refractivity contribution in [1.29, 1.82) is 0 Å². The zero-order chi connectivity index (χ0) is 20.8. The van der Waals surface area contributed by atoms with Crippen molar-refractivity contribution in [3.05, 3.63) is 66.0 Å². The highest BCUT2D eigenvalue weighted by Crippen LogP contribution is 2.50. The maximum atomic E-state index is 13.8. The van der Waals surface area contributed by atoms with Crippen molar-refractivity contribution in [2.24, 2.45) is 11.8 Å². The number of ether oxygens (including phenoxy) is 1. The SMILES string of the molecule is COC(=O)[C@]1(CO)N[C@@H](c2cccc(F)c2)[C@H]2C(=O)N(c3ccccc3)C(=O)[C@@H]21. The Kier molecular flexibility index (Phi) is 4.68. The number of para-hydroxylation sites is 1. The standard InChI is InChI=1S/C21H19FN2O5/c1-29-20(28)21(11-25)16-15(17(23-21)12-6-5-7-13(22)10-12)18(26)24(19(16)27)14-8-3-2-4-9-14/h2-10,15-17,23,25H,11H2,1H3/t15-,16+,17-,21+/m0/s1. The number of aliphatic hydroxyl groups is 1. The van der Waals surface area contributed by atoms with Gasteiger partial charge in [0.15, 0.2) is 5.54 Å². The predicted octanol–water partition coefficient (Wildman–Crippen LogP) is 1.18. The lowest BCUT2D eigenvalue weighted by atomic mass is 9.79. The molecule has 7 nitrogen and oxygen atoms in total. The molecule has 150 valence electrons. The van der Waals surface area contributed by atoms with Gasteiger partial charge in [-0.15, -0.1) is 0 Å². The number of rotatable bonds is 4. The lowest BCUT2D eigenvalue weighted by Crippen LogP contribution is -2.59. The number of esters is 1. The molecular formula is C21H19FN2O5. The number of carbonyl (C=O) groups is 3. The van der Waals surface area contributed by atoms with E-state index >= 15 is 0 Å². The predicted molar refractivity (Wildman–Crippen MR) is 100 cm³/mol. The molecule has 4 atom stereocenters. The van der Waals surface area contributed by atoms with Crippen molar-refractivity contribution >= 4 is 23.5 Å². The number of anilines is 1. The molecule has 2 saturated heterocycles. The first kappa shape index (κ1) is 19.2. The third-order valence-corrected chi connectivity index (χ3v) is 5.68. The molecule has 0 radical (unpaired) electrons. The highest BCUT2D eigenvalue weighted by Gasteiger charge is 2.69. The first-order valence-electron chi connectivity index (χ1n) is 9.10. The molecule has 2 aliphatic heterocycles. The lowest BCUT2D eigenvalue weighted by Gasteiger charge is -2.30. The summed E-state index contributed by atoms with van der Waals surface area (Å²) >= 11 is 0. The molecule has 2 N–H and O–H groups in total. The number of methoxy groups -OCH3 is 1. The number of nitrogens with one attached hydrogen (secondary N) is 1. The summed E-state index contributed by atoms with van der Waals surface area (Å²) in [5.41, 5.74) is -1.05. The summed E-state index contributed by atoms with van der Waals surface area (Å²) in [7, 11) is 1.14. The Bertz CT molecular complexity index is 982. The Hall–Kier alpha value is -3.10. The minimum atomic E-state index is -1.81. The van der Waals surface area contributed by atoms with E-state index in [9.17, 15) is 23.9 Å². The molecule has 0 aliphatic carbocycles. The lowest BCUT2D eigenvalue weighted by molar-refractivity contribution is -0.154. The number of hydrogen-bond donors (Lipinski definition) is 2. The summed E-state index contributed by atoms with van der Waals surface area (Å²) in [6.45, 7) is -0.756. The number of nitrogens with zero attached hydrogens (tertiary/aromatic N) is 1. The molecule has 2 aliphatic rings.